The number of amides is 1. The van der Waals surface area contributed by atoms with Crippen molar-refractivity contribution in [1.29, 1.82) is 0 Å². The third-order valence-electron chi connectivity index (χ3n) is 9.63. The average Bonchev–Trinajstić information content (AvgIpc) is 3.20. The Kier molecular flexibility index (Phi) is 20.3. The summed E-state index contributed by atoms with van der Waals surface area (Å²) >= 11 is 12.0. The van der Waals surface area contributed by atoms with E-state index in [0.29, 0.717) is 40.0 Å². The molecule has 2 aromatic carbocycles. The molecule has 0 fully saturated rings. The number of carbonyl (C=O) groups is 3. The number of nitrogens with one attached hydrogen (secondary N) is 1. The first-order valence-corrected chi connectivity index (χ1v) is 23.3. The summed E-state index contributed by atoms with van der Waals surface area (Å²) in [4.78, 5) is 43.0. The number of alkyl halides is 6. The van der Waals surface area contributed by atoms with Gasteiger partial charge in [-0.2, -0.15) is 26.3 Å². The van der Waals surface area contributed by atoms with E-state index in [-0.39, 0.29) is 52.6 Å². The highest BCUT2D eigenvalue weighted by Crippen LogP contribution is 2.39. The molecule has 0 aliphatic carbocycles. The molecule has 0 radical (unpaired) electrons. The van der Waals surface area contributed by atoms with E-state index >= 15 is 0 Å². The molecule has 0 bridgehead atoms. The fourth-order valence-corrected chi connectivity index (χ4v) is 7.28. The lowest BCUT2D eigenvalue weighted by Crippen LogP contribution is -2.47. The van der Waals surface area contributed by atoms with Crippen molar-refractivity contribution < 1.29 is 86.7 Å². The fourth-order valence-electron chi connectivity index (χ4n) is 6.90. The minimum absolute atomic E-state index is 0.00656. The van der Waals surface area contributed by atoms with Gasteiger partial charge in [0.2, 0.25) is 11.8 Å². The van der Waals surface area contributed by atoms with Crippen LogP contribution in [0.4, 0.5) is 58.3 Å². The molecule has 1 N–H and O–H groups in total. The van der Waals surface area contributed by atoms with Crippen LogP contribution in [0.1, 0.15) is 86.3 Å². The number of aromatic nitrogens is 2. The molecule has 2 atom stereocenters. The monoisotopic (exact) mass is 1100 g/mol. The Balaban J connectivity index is 0.000000258. The first-order chi connectivity index (χ1) is 33.9. The average molecular weight is 1100 g/mol. The van der Waals surface area contributed by atoms with E-state index in [1.165, 1.54) is 24.3 Å². The molecule has 13 nitrogen and oxygen atoms in total. The lowest BCUT2D eigenvalue weighted by atomic mass is 9.94. The topological polar surface area (TPSA) is 148 Å². The number of halogens is 12. The van der Waals surface area contributed by atoms with Crippen molar-refractivity contribution in [3.8, 4) is 34.0 Å². The Labute approximate surface area is 430 Å². The quantitative estimate of drug-likeness (QED) is 0.0589. The number of rotatable bonds is 8. The molecule has 0 spiro atoms. The number of hydrogen-bond donors (Lipinski definition) is 1. The maximum atomic E-state index is 14.4. The van der Waals surface area contributed by atoms with Gasteiger partial charge in [-0.25, -0.2) is 41.9 Å². The Hall–Kier alpha value is -5.81. The standard InChI is InChI=1S/C22H22ClF5N2O3.C17H14ClF5N2O.C10H18O5/c1-21(2,3)33-20(31)30(11-22(26,27)28)10-13-5-7-15-16(9-18(23)29-19(15)32-13)14-6-4-12(24)8-17(14)25;18-15-6-13(11-3-1-9(19)5-14(11)20)12-4-2-10(26-16(12)25-15)7-24-8-17(21,22)23;1-9(2,3)14-7(11)13-8(12)15-10(4,5)6/h4,6,8-9,13H,5,7,10-11H2,1-3H3;1,3,5-6,10,24H,2,4,7-8H2;1-6H3. The zero-order chi connectivity index (χ0) is 55.7. The second-order valence-corrected chi connectivity index (χ2v) is 20.4. The van der Waals surface area contributed by atoms with E-state index in [1.54, 1.807) is 62.3 Å². The Morgan fingerprint density at radius 2 is 1.04 bits per heavy atom. The van der Waals surface area contributed by atoms with Crippen molar-refractivity contribution in [2.75, 3.05) is 26.2 Å². The van der Waals surface area contributed by atoms with Crippen molar-refractivity contribution in [2.24, 2.45) is 0 Å². The van der Waals surface area contributed by atoms with Crippen molar-refractivity contribution in [3.63, 3.8) is 0 Å². The summed E-state index contributed by atoms with van der Waals surface area (Å²) in [6.45, 7) is 11.6. The molecule has 0 saturated carbocycles. The molecule has 1 amide bonds. The second kappa shape index (κ2) is 24.7. The highest BCUT2D eigenvalue weighted by atomic mass is 35.5. The maximum Gasteiger partial charge on any atom is 0.519 e. The summed E-state index contributed by atoms with van der Waals surface area (Å²) in [7, 11) is 0. The number of carbonyl (C=O) groups excluding carboxylic acids is 3. The number of nitrogens with zero attached hydrogens (tertiary/aromatic N) is 3. The predicted molar refractivity (Wildman–Crippen MR) is 251 cm³/mol. The molecule has 4 aromatic rings. The van der Waals surface area contributed by atoms with Gasteiger partial charge in [0.1, 0.15) is 69.1 Å². The van der Waals surface area contributed by atoms with Crippen LogP contribution in [0, 0.1) is 23.3 Å². The highest BCUT2D eigenvalue weighted by molar-refractivity contribution is 6.30. The van der Waals surface area contributed by atoms with E-state index in [0.717, 1.165) is 24.3 Å². The summed E-state index contributed by atoms with van der Waals surface area (Å²) in [6.07, 6.45) is -12.2. The van der Waals surface area contributed by atoms with E-state index in [9.17, 15) is 58.3 Å². The van der Waals surface area contributed by atoms with Crippen LogP contribution in [0.15, 0.2) is 48.5 Å². The summed E-state index contributed by atoms with van der Waals surface area (Å²) in [6, 6.07) is 9.17. The lowest BCUT2D eigenvalue weighted by molar-refractivity contribution is -0.146. The van der Waals surface area contributed by atoms with Crippen LogP contribution in [0.3, 0.4) is 0 Å². The number of fused-ring (bicyclic) bond motifs is 2. The van der Waals surface area contributed by atoms with Crippen molar-refractivity contribution >= 4 is 41.6 Å². The van der Waals surface area contributed by atoms with Crippen LogP contribution in [0.5, 0.6) is 11.8 Å². The zero-order valence-corrected chi connectivity index (χ0v) is 43.0. The van der Waals surface area contributed by atoms with Crippen molar-refractivity contribution in [2.45, 2.75) is 129 Å². The smallest absolute Gasteiger partial charge is 0.473 e. The molecular weight excluding hydrogens is 1050 g/mol. The zero-order valence-electron chi connectivity index (χ0n) is 41.5. The van der Waals surface area contributed by atoms with Crippen LogP contribution in [0.2, 0.25) is 10.3 Å². The van der Waals surface area contributed by atoms with Crippen LogP contribution in [-0.2, 0) is 31.8 Å². The molecule has 4 heterocycles. The van der Waals surface area contributed by atoms with Crippen LogP contribution in [-0.4, -0.2) is 101 Å². The van der Waals surface area contributed by atoms with Crippen molar-refractivity contribution in [3.05, 3.63) is 93.2 Å². The van der Waals surface area contributed by atoms with Crippen LogP contribution in [0.25, 0.3) is 22.3 Å². The predicted octanol–water partition coefficient (Wildman–Crippen LogP) is 13.6. The van der Waals surface area contributed by atoms with Gasteiger partial charge in [-0.15, -0.1) is 0 Å². The molecule has 2 aliphatic heterocycles. The molecule has 2 aromatic heterocycles. The summed E-state index contributed by atoms with van der Waals surface area (Å²) in [5.74, 6) is -2.82. The van der Waals surface area contributed by atoms with Gasteiger partial charge in [-0.1, -0.05) is 23.2 Å². The van der Waals surface area contributed by atoms with Gasteiger partial charge < -0.3 is 33.7 Å². The van der Waals surface area contributed by atoms with E-state index in [1.807, 2.05) is 0 Å². The highest BCUT2D eigenvalue weighted by Gasteiger charge is 2.38. The summed E-state index contributed by atoms with van der Waals surface area (Å²) in [5, 5.41) is 2.30. The van der Waals surface area contributed by atoms with Crippen LogP contribution < -0.4 is 14.8 Å². The number of pyridine rings is 2. The van der Waals surface area contributed by atoms with Gasteiger partial charge in [0.15, 0.2) is 0 Å². The van der Waals surface area contributed by atoms with Crippen molar-refractivity contribution in [1.82, 2.24) is 20.2 Å². The van der Waals surface area contributed by atoms with Crippen LogP contribution >= 0.6 is 23.2 Å². The Morgan fingerprint density at radius 1 is 0.622 bits per heavy atom. The largest absolute Gasteiger partial charge is 0.519 e. The second-order valence-electron chi connectivity index (χ2n) is 19.6. The molecular formula is C49H54Cl2F10N4O9. The Bertz CT molecular complexity index is 2600. The molecule has 2 aliphatic rings. The van der Waals surface area contributed by atoms with E-state index < -0.39 is 103 Å². The van der Waals surface area contributed by atoms with E-state index in [2.05, 4.69) is 20.0 Å². The normalized spacial score (nSPS) is 15.5. The first kappa shape index (κ1) is 60.7. The maximum absolute atomic E-state index is 14.4. The number of hydrogen-bond acceptors (Lipinski definition) is 12. The van der Waals surface area contributed by atoms with Gasteiger partial charge in [-0.3, -0.25) is 4.90 Å². The minimum atomic E-state index is -4.64. The lowest BCUT2D eigenvalue weighted by Gasteiger charge is -2.33. The first-order valence-electron chi connectivity index (χ1n) is 22.5. The molecule has 2 unspecified atom stereocenters. The molecule has 6 rings (SSSR count). The van der Waals surface area contributed by atoms with Gasteiger partial charge in [0, 0.05) is 40.9 Å². The third-order valence-corrected chi connectivity index (χ3v) is 10.0. The fraction of sp³-hybridized carbons (Fsp3) is 0.490. The molecule has 74 heavy (non-hydrogen) atoms. The number of ether oxygens (including phenoxy) is 6. The SMILES string of the molecule is CC(C)(C)OC(=O)N(CC1CCc2c(-c3ccc(F)cc3F)cc(Cl)nc2O1)CC(F)(F)F.CC(C)(C)OC(=O)OC(=O)OC(C)(C)C.Fc1ccc(-c2cc(Cl)nc3c2CCC(CNCC(F)(F)F)O3)c(F)c1. The summed E-state index contributed by atoms with van der Waals surface area (Å²) < 4.78 is 161. The van der Waals surface area contributed by atoms with Gasteiger partial charge in [0.05, 0.1) is 13.1 Å². The molecule has 0 saturated heterocycles. The van der Waals surface area contributed by atoms with Gasteiger partial charge in [-0.05, 0) is 136 Å². The van der Waals surface area contributed by atoms with E-state index in [4.69, 9.17) is 46.9 Å². The summed E-state index contributed by atoms with van der Waals surface area (Å²) in [5.41, 5.74) is -0.273. The minimum Gasteiger partial charge on any atom is -0.473 e. The van der Waals surface area contributed by atoms with Gasteiger partial charge >= 0.3 is 30.8 Å². The molecule has 25 heteroatoms. The third kappa shape index (κ3) is 20.5. The number of benzene rings is 2. The molecule has 408 valence electrons. The van der Waals surface area contributed by atoms with Gasteiger partial charge in [0.25, 0.3) is 0 Å². The Morgan fingerprint density at radius 3 is 1.43 bits per heavy atom.